The van der Waals surface area contributed by atoms with Gasteiger partial charge in [0.15, 0.2) is 0 Å². The van der Waals surface area contributed by atoms with Crippen LogP contribution in [-0.4, -0.2) is 25.3 Å². The van der Waals surface area contributed by atoms with E-state index < -0.39 is 15.6 Å². The van der Waals surface area contributed by atoms with Gasteiger partial charge >= 0.3 is 0 Å². The average molecular weight is 390 g/mol. The third-order valence-corrected chi connectivity index (χ3v) is 4.70. The van der Waals surface area contributed by atoms with E-state index in [9.17, 15) is 13.7 Å². The molecule has 0 saturated carbocycles. The molecule has 26 heavy (non-hydrogen) atoms. The third kappa shape index (κ3) is 3.52. The van der Waals surface area contributed by atoms with Crippen molar-refractivity contribution in [2.45, 2.75) is 19.4 Å². The number of hydrogen-bond donors (Lipinski definition) is 1. The van der Waals surface area contributed by atoms with Crippen LogP contribution in [0.5, 0.6) is 5.75 Å². The van der Waals surface area contributed by atoms with E-state index in [1.807, 2.05) is 0 Å². The fraction of sp³-hybridized carbons (Fsp3) is 0.222. The van der Waals surface area contributed by atoms with Crippen molar-refractivity contribution in [1.29, 1.82) is 5.26 Å². The molecule has 0 atom stereocenters. The van der Waals surface area contributed by atoms with Crippen LogP contribution in [0.3, 0.4) is 0 Å². The minimum Gasteiger partial charge on any atom is -0.482 e. The second kappa shape index (κ2) is 6.31. The quantitative estimate of drug-likeness (QED) is 0.865. The number of nitriles is 1. The van der Waals surface area contributed by atoms with Crippen molar-refractivity contribution in [2.75, 3.05) is 11.0 Å². The van der Waals surface area contributed by atoms with E-state index in [1.54, 1.807) is 44.2 Å². The normalized spacial score (nSPS) is 15.7. The Labute approximate surface area is 157 Å². The lowest BCUT2D eigenvalue weighted by Crippen LogP contribution is -2.34. The topological polar surface area (TPSA) is 92.1 Å². The van der Waals surface area contributed by atoms with Crippen LogP contribution in [0, 0.1) is 11.3 Å². The van der Waals surface area contributed by atoms with Gasteiger partial charge in [0.25, 0.3) is 0 Å². The number of anilines is 1. The molecule has 0 radical (unpaired) electrons. The molecule has 1 N–H and O–H groups in total. The molecule has 2 aromatic rings. The first-order valence-electron chi connectivity index (χ1n) is 7.69. The molecule has 0 aliphatic carbocycles. The highest BCUT2D eigenvalue weighted by molar-refractivity contribution is 7.92. The predicted molar refractivity (Wildman–Crippen MR) is 100 cm³/mol. The van der Waals surface area contributed by atoms with E-state index in [0.29, 0.717) is 38.9 Å². The molecular formula is C18H16ClN3O3S. The fourth-order valence-corrected chi connectivity index (χ4v) is 3.50. The lowest BCUT2D eigenvalue weighted by atomic mass is 9.85. The highest BCUT2D eigenvalue weighted by atomic mass is 35.5. The first kappa shape index (κ1) is 18.2. The van der Waals surface area contributed by atoms with Gasteiger partial charge in [0.2, 0.25) is 10.0 Å². The Kier molecular flexibility index (Phi) is 4.42. The molecule has 3 rings (SSSR count). The Balaban J connectivity index is 2.23. The van der Waals surface area contributed by atoms with Crippen molar-refractivity contribution in [3.8, 4) is 11.8 Å². The zero-order valence-corrected chi connectivity index (χ0v) is 15.9. The molecule has 0 amide bonds. The predicted octanol–water partition coefficient (Wildman–Crippen LogP) is 3.60. The lowest BCUT2D eigenvalue weighted by molar-refractivity contribution is 0.149. The molecule has 8 heteroatoms. The summed E-state index contributed by atoms with van der Waals surface area (Å²) < 4.78 is 31.4. The van der Waals surface area contributed by atoms with Crippen molar-refractivity contribution in [2.24, 2.45) is 0 Å². The molecule has 2 heterocycles. The minimum absolute atomic E-state index is 0.380. The fourth-order valence-electron chi connectivity index (χ4n) is 2.83. The van der Waals surface area contributed by atoms with E-state index in [-0.39, 0.29) is 0 Å². The number of ether oxygens (including phenoxy) is 1. The zero-order chi connectivity index (χ0) is 19.1. The lowest BCUT2D eigenvalue weighted by Gasteiger charge is -2.34. The Bertz CT molecular complexity index is 1050. The molecule has 0 unspecified atom stereocenters. The molecule has 6 nitrogen and oxygen atoms in total. The molecule has 0 fully saturated rings. The SMILES string of the molecule is CC1(C)Oc2cc(NS(C)(=O)=O)ccc2C(c2ccc(Cl)cn2)=C1C#N. The summed E-state index contributed by atoms with van der Waals surface area (Å²) in [4.78, 5) is 4.34. The molecule has 134 valence electrons. The van der Waals surface area contributed by atoms with Gasteiger partial charge in [0, 0.05) is 23.4 Å². The van der Waals surface area contributed by atoms with Crippen LogP contribution < -0.4 is 9.46 Å². The van der Waals surface area contributed by atoms with Gasteiger partial charge in [-0.2, -0.15) is 5.26 Å². The van der Waals surface area contributed by atoms with Crippen molar-refractivity contribution in [1.82, 2.24) is 4.98 Å². The van der Waals surface area contributed by atoms with E-state index in [4.69, 9.17) is 16.3 Å². The second-order valence-corrected chi connectivity index (χ2v) is 8.61. The van der Waals surface area contributed by atoms with Gasteiger partial charge in [-0.3, -0.25) is 9.71 Å². The van der Waals surface area contributed by atoms with Crippen LogP contribution in [0.4, 0.5) is 5.69 Å². The van der Waals surface area contributed by atoms with Crippen LogP contribution in [0.1, 0.15) is 25.1 Å². The first-order chi connectivity index (χ1) is 12.1. The van der Waals surface area contributed by atoms with Crippen molar-refractivity contribution in [3.05, 3.63) is 58.4 Å². The molecule has 0 bridgehead atoms. The van der Waals surface area contributed by atoms with Gasteiger partial charge in [-0.05, 0) is 38.1 Å². The van der Waals surface area contributed by atoms with Gasteiger partial charge in [-0.25, -0.2) is 8.42 Å². The average Bonchev–Trinajstić information content (AvgIpc) is 2.52. The number of nitrogens with zero attached hydrogens (tertiary/aromatic N) is 2. The van der Waals surface area contributed by atoms with E-state index >= 15 is 0 Å². The smallest absolute Gasteiger partial charge is 0.229 e. The molecule has 1 aliphatic rings. The Morgan fingerprint density at radius 2 is 2.00 bits per heavy atom. The maximum atomic E-state index is 11.5. The van der Waals surface area contributed by atoms with E-state index in [1.165, 1.54) is 6.20 Å². The molecule has 1 aliphatic heterocycles. The van der Waals surface area contributed by atoms with Crippen LogP contribution in [0.2, 0.25) is 5.02 Å². The number of halogens is 1. The van der Waals surface area contributed by atoms with E-state index in [0.717, 1.165) is 6.26 Å². The Morgan fingerprint density at radius 1 is 1.27 bits per heavy atom. The summed E-state index contributed by atoms with van der Waals surface area (Å²) in [6, 6.07) is 10.6. The Hall–Kier alpha value is -2.56. The number of benzene rings is 1. The Morgan fingerprint density at radius 3 is 2.58 bits per heavy atom. The van der Waals surface area contributed by atoms with Crippen LogP contribution >= 0.6 is 11.6 Å². The summed E-state index contributed by atoms with van der Waals surface area (Å²) in [5.41, 5.74) is 1.81. The third-order valence-electron chi connectivity index (χ3n) is 3.87. The number of aromatic nitrogens is 1. The molecule has 0 spiro atoms. The zero-order valence-electron chi connectivity index (χ0n) is 14.4. The van der Waals surface area contributed by atoms with Gasteiger partial charge in [-0.1, -0.05) is 11.6 Å². The minimum atomic E-state index is -3.42. The monoisotopic (exact) mass is 389 g/mol. The van der Waals surface area contributed by atoms with Crippen LogP contribution in [0.25, 0.3) is 5.57 Å². The highest BCUT2D eigenvalue weighted by Gasteiger charge is 2.36. The number of nitrogens with one attached hydrogen (secondary N) is 1. The highest BCUT2D eigenvalue weighted by Crippen LogP contribution is 2.44. The number of rotatable bonds is 3. The van der Waals surface area contributed by atoms with Crippen LogP contribution in [0.15, 0.2) is 42.1 Å². The number of sulfonamides is 1. The van der Waals surface area contributed by atoms with E-state index in [2.05, 4.69) is 15.8 Å². The van der Waals surface area contributed by atoms with Crippen molar-refractivity contribution < 1.29 is 13.2 Å². The molecule has 1 aromatic heterocycles. The number of pyridine rings is 1. The maximum absolute atomic E-state index is 11.5. The summed E-state index contributed by atoms with van der Waals surface area (Å²) in [5.74, 6) is 0.467. The van der Waals surface area contributed by atoms with Gasteiger partial charge in [-0.15, -0.1) is 0 Å². The second-order valence-electron chi connectivity index (χ2n) is 6.42. The summed E-state index contributed by atoms with van der Waals surface area (Å²) in [5, 5.41) is 10.2. The van der Waals surface area contributed by atoms with Gasteiger partial charge in [0.05, 0.1) is 34.3 Å². The van der Waals surface area contributed by atoms with Crippen LogP contribution in [-0.2, 0) is 10.0 Å². The van der Waals surface area contributed by atoms with Gasteiger partial charge < -0.3 is 4.74 Å². The largest absolute Gasteiger partial charge is 0.482 e. The summed E-state index contributed by atoms with van der Waals surface area (Å²) in [7, 11) is -3.42. The number of fused-ring (bicyclic) bond motifs is 1. The molecule has 1 aromatic carbocycles. The van der Waals surface area contributed by atoms with Crippen molar-refractivity contribution >= 4 is 32.9 Å². The summed E-state index contributed by atoms with van der Waals surface area (Å²) in [6.07, 6.45) is 2.59. The maximum Gasteiger partial charge on any atom is 0.229 e. The van der Waals surface area contributed by atoms with Gasteiger partial charge in [0.1, 0.15) is 11.4 Å². The summed E-state index contributed by atoms with van der Waals surface area (Å²) in [6.45, 7) is 3.56. The summed E-state index contributed by atoms with van der Waals surface area (Å²) >= 11 is 5.93. The standard InChI is InChI=1S/C18H16ClN3O3S/c1-18(2)14(9-20)17(15-7-4-11(19)10-21-15)13-6-5-12(8-16(13)25-18)22-26(3,23)24/h4-8,10,22H,1-3H3. The van der Waals surface area contributed by atoms with Crippen molar-refractivity contribution in [3.63, 3.8) is 0 Å². The first-order valence-corrected chi connectivity index (χ1v) is 9.96. The molecular weight excluding hydrogens is 374 g/mol. The molecule has 0 saturated heterocycles. The number of hydrogen-bond acceptors (Lipinski definition) is 5.